The molecule has 2 N–H and O–H groups in total. The summed E-state index contributed by atoms with van der Waals surface area (Å²) in [6.45, 7) is 4.48. The zero-order valence-electron chi connectivity index (χ0n) is 11.9. The van der Waals surface area contributed by atoms with Gasteiger partial charge in [-0.05, 0) is 24.5 Å². The van der Waals surface area contributed by atoms with Gasteiger partial charge in [0.2, 0.25) is 0 Å². The molecule has 0 radical (unpaired) electrons. The predicted molar refractivity (Wildman–Crippen MR) is 81.0 cm³/mol. The van der Waals surface area contributed by atoms with Crippen molar-refractivity contribution in [2.24, 2.45) is 11.7 Å². The van der Waals surface area contributed by atoms with E-state index in [0.29, 0.717) is 12.5 Å². The van der Waals surface area contributed by atoms with Gasteiger partial charge in [-0.1, -0.05) is 45.3 Å². The number of rotatable bonds is 8. The van der Waals surface area contributed by atoms with Crippen molar-refractivity contribution in [2.45, 2.75) is 39.5 Å². The standard InChI is InChI=1S/C15H21F2NOS/c1-3-5-6-10(4-2)9-19-14-12(16)7-11(15(18)20)8-13(14)17/h7-8,10H,3-6,9H2,1-2H3,(H2,18,20). The Hall–Kier alpha value is -1.23. The molecule has 0 aromatic heterocycles. The van der Waals surface area contributed by atoms with Gasteiger partial charge >= 0.3 is 0 Å². The average molecular weight is 301 g/mol. The first-order chi connectivity index (χ1) is 9.49. The second kappa shape index (κ2) is 8.15. The first-order valence-corrected chi connectivity index (χ1v) is 7.32. The SMILES string of the molecule is CCCCC(CC)COc1c(F)cc(C(N)=S)cc1F. The Kier molecular flexibility index (Phi) is 6.85. The molecule has 2 nitrogen and oxygen atoms in total. The van der Waals surface area contributed by atoms with Gasteiger partial charge in [-0.25, -0.2) is 8.78 Å². The largest absolute Gasteiger partial charge is 0.487 e. The Balaban J connectivity index is 2.75. The molecule has 0 saturated heterocycles. The van der Waals surface area contributed by atoms with Gasteiger partial charge in [0.1, 0.15) is 4.99 Å². The number of thiocarbonyl (C=S) groups is 1. The average Bonchev–Trinajstić information content (AvgIpc) is 2.40. The molecule has 0 fully saturated rings. The second-order valence-electron chi connectivity index (χ2n) is 4.86. The van der Waals surface area contributed by atoms with E-state index in [9.17, 15) is 8.78 Å². The Morgan fingerprint density at radius 3 is 2.35 bits per heavy atom. The van der Waals surface area contributed by atoms with Crippen LogP contribution in [0.3, 0.4) is 0 Å². The van der Waals surface area contributed by atoms with Crippen LogP contribution in [0, 0.1) is 17.6 Å². The van der Waals surface area contributed by atoms with Crippen molar-refractivity contribution in [3.8, 4) is 5.75 Å². The van der Waals surface area contributed by atoms with Gasteiger partial charge in [0.05, 0.1) is 6.61 Å². The van der Waals surface area contributed by atoms with Crippen molar-refractivity contribution in [1.82, 2.24) is 0 Å². The van der Waals surface area contributed by atoms with E-state index < -0.39 is 11.6 Å². The van der Waals surface area contributed by atoms with Crippen LogP contribution in [0.1, 0.15) is 45.1 Å². The second-order valence-corrected chi connectivity index (χ2v) is 5.30. The highest BCUT2D eigenvalue weighted by Gasteiger charge is 2.15. The summed E-state index contributed by atoms with van der Waals surface area (Å²) in [6, 6.07) is 2.21. The maximum Gasteiger partial charge on any atom is 0.190 e. The number of ether oxygens (including phenoxy) is 1. The Morgan fingerprint density at radius 1 is 1.30 bits per heavy atom. The molecule has 1 rings (SSSR count). The molecular weight excluding hydrogens is 280 g/mol. The molecular formula is C15H21F2NOS. The van der Waals surface area contributed by atoms with E-state index in [1.165, 1.54) is 0 Å². The first kappa shape index (κ1) is 16.8. The van der Waals surface area contributed by atoms with Crippen molar-refractivity contribution >= 4 is 17.2 Å². The minimum absolute atomic E-state index is 0.0382. The fourth-order valence-corrected chi connectivity index (χ4v) is 2.06. The van der Waals surface area contributed by atoms with Gasteiger partial charge in [0, 0.05) is 5.56 Å². The van der Waals surface area contributed by atoms with E-state index in [4.69, 9.17) is 22.7 Å². The van der Waals surface area contributed by atoms with Gasteiger partial charge in [-0.2, -0.15) is 0 Å². The molecule has 0 aliphatic heterocycles. The van der Waals surface area contributed by atoms with E-state index >= 15 is 0 Å². The highest BCUT2D eigenvalue weighted by atomic mass is 32.1. The Labute approximate surface area is 124 Å². The summed E-state index contributed by atoms with van der Waals surface area (Å²) in [5.41, 5.74) is 5.52. The van der Waals surface area contributed by atoms with E-state index in [0.717, 1.165) is 37.8 Å². The van der Waals surface area contributed by atoms with Gasteiger partial charge in [0.25, 0.3) is 0 Å². The molecule has 1 aromatic carbocycles. The molecule has 0 spiro atoms. The third-order valence-electron chi connectivity index (χ3n) is 3.29. The number of unbranched alkanes of at least 4 members (excludes halogenated alkanes) is 1. The highest BCUT2D eigenvalue weighted by Crippen LogP contribution is 2.25. The minimum Gasteiger partial charge on any atom is -0.487 e. The number of hydrogen-bond acceptors (Lipinski definition) is 2. The summed E-state index contributed by atoms with van der Waals surface area (Å²) in [5.74, 6) is -1.57. The topological polar surface area (TPSA) is 35.2 Å². The zero-order valence-corrected chi connectivity index (χ0v) is 12.7. The van der Waals surface area contributed by atoms with E-state index in [-0.39, 0.29) is 16.3 Å². The number of benzene rings is 1. The molecule has 20 heavy (non-hydrogen) atoms. The summed E-state index contributed by atoms with van der Waals surface area (Å²) >= 11 is 4.70. The molecule has 1 aromatic rings. The van der Waals surface area contributed by atoms with Crippen LogP contribution in [-0.4, -0.2) is 11.6 Å². The van der Waals surface area contributed by atoms with Crippen LogP contribution < -0.4 is 10.5 Å². The Bertz CT molecular complexity index is 442. The van der Waals surface area contributed by atoms with Crippen molar-refractivity contribution in [3.05, 3.63) is 29.3 Å². The van der Waals surface area contributed by atoms with Crippen LogP contribution in [0.25, 0.3) is 0 Å². The maximum atomic E-state index is 13.8. The molecule has 0 saturated carbocycles. The predicted octanol–water partition coefficient (Wildman–Crippen LogP) is 4.19. The van der Waals surface area contributed by atoms with Gasteiger partial charge < -0.3 is 10.5 Å². The molecule has 0 aliphatic carbocycles. The smallest absolute Gasteiger partial charge is 0.190 e. The normalized spacial score (nSPS) is 12.2. The van der Waals surface area contributed by atoms with E-state index in [2.05, 4.69) is 6.92 Å². The van der Waals surface area contributed by atoms with Gasteiger partial charge in [-0.3, -0.25) is 0 Å². The van der Waals surface area contributed by atoms with Crippen LogP contribution in [0.15, 0.2) is 12.1 Å². The van der Waals surface area contributed by atoms with Crippen LogP contribution >= 0.6 is 12.2 Å². The summed E-state index contributed by atoms with van der Waals surface area (Å²) in [7, 11) is 0. The van der Waals surface area contributed by atoms with Crippen molar-refractivity contribution < 1.29 is 13.5 Å². The fraction of sp³-hybridized carbons (Fsp3) is 0.533. The van der Waals surface area contributed by atoms with Gasteiger partial charge in [0.15, 0.2) is 17.4 Å². The molecule has 1 unspecified atom stereocenters. The molecule has 0 amide bonds. The van der Waals surface area contributed by atoms with Crippen LogP contribution in [0.2, 0.25) is 0 Å². The monoisotopic (exact) mass is 301 g/mol. The third kappa shape index (κ3) is 4.71. The minimum atomic E-state index is -0.766. The molecule has 112 valence electrons. The molecule has 0 aliphatic rings. The molecule has 1 atom stereocenters. The lowest BCUT2D eigenvalue weighted by molar-refractivity contribution is 0.216. The molecule has 5 heteroatoms. The fourth-order valence-electron chi connectivity index (χ4n) is 1.94. The molecule has 0 heterocycles. The third-order valence-corrected chi connectivity index (χ3v) is 3.53. The summed E-state index contributed by atoms with van der Waals surface area (Å²) in [4.78, 5) is -0.0382. The van der Waals surface area contributed by atoms with Crippen molar-refractivity contribution in [1.29, 1.82) is 0 Å². The van der Waals surface area contributed by atoms with Crippen molar-refractivity contribution in [2.75, 3.05) is 6.61 Å². The quantitative estimate of drug-likeness (QED) is 0.731. The van der Waals surface area contributed by atoms with Crippen LogP contribution in [-0.2, 0) is 0 Å². The maximum absolute atomic E-state index is 13.8. The lowest BCUT2D eigenvalue weighted by Crippen LogP contribution is -2.14. The van der Waals surface area contributed by atoms with E-state index in [1.807, 2.05) is 6.92 Å². The van der Waals surface area contributed by atoms with Crippen LogP contribution in [0.4, 0.5) is 8.78 Å². The summed E-state index contributed by atoms with van der Waals surface area (Å²) in [6.07, 6.45) is 4.12. The number of hydrogen-bond donors (Lipinski definition) is 1. The van der Waals surface area contributed by atoms with Gasteiger partial charge in [-0.15, -0.1) is 0 Å². The van der Waals surface area contributed by atoms with Crippen molar-refractivity contribution in [3.63, 3.8) is 0 Å². The zero-order chi connectivity index (χ0) is 15.1. The lowest BCUT2D eigenvalue weighted by Gasteiger charge is -2.16. The lowest BCUT2D eigenvalue weighted by atomic mass is 10.0. The van der Waals surface area contributed by atoms with Crippen LogP contribution in [0.5, 0.6) is 5.75 Å². The first-order valence-electron chi connectivity index (χ1n) is 6.91. The Morgan fingerprint density at radius 2 is 1.90 bits per heavy atom. The summed E-state index contributed by atoms with van der Waals surface area (Å²) < 4.78 is 32.9. The highest BCUT2D eigenvalue weighted by molar-refractivity contribution is 7.80. The number of nitrogens with two attached hydrogens (primary N) is 1. The number of halogens is 2. The molecule has 0 bridgehead atoms. The van der Waals surface area contributed by atoms with E-state index in [1.54, 1.807) is 0 Å². The summed E-state index contributed by atoms with van der Waals surface area (Å²) in [5, 5.41) is 0.